The van der Waals surface area contributed by atoms with Crippen molar-refractivity contribution in [2.45, 2.75) is 69.8 Å². The van der Waals surface area contributed by atoms with Crippen LogP contribution in [0, 0.1) is 12.3 Å². The fraction of sp³-hybridized carbons (Fsp3) is 0.743. The lowest BCUT2D eigenvalue weighted by Gasteiger charge is -2.37. The molecule has 54 heavy (non-hydrogen) atoms. The van der Waals surface area contributed by atoms with Gasteiger partial charge in [-0.2, -0.15) is 0 Å². The first-order chi connectivity index (χ1) is 26.0. The van der Waals surface area contributed by atoms with Gasteiger partial charge in [0.2, 0.25) is 29.4 Å². The molecular formula is C35H58N4O15. The van der Waals surface area contributed by atoms with Crippen LogP contribution in [0.3, 0.4) is 0 Å². The van der Waals surface area contributed by atoms with E-state index in [9.17, 15) is 39.3 Å². The summed E-state index contributed by atoms with van der Waals surface area (Å²) in [7, 11) is 0. The zero-order valence-electron chi connectivity index (χ0n) is 31.0. The van der Waals surface area contributed by atoms with Crippen molar-refractivity contribution >= 4 is 29.6 Å². The molecule has 0 radical (unpaired) electrons. The van der Waals surface area contributed by atoms with Gasteiger partial charge in [-0.25, -0.2) is 4.79 Å². The molecule has 0 bridgehead atoms. The van der Waals surface area contributed by atoms with E-state index < -0.39 is 73.6 Å². The van der Waals surface area contributed by atoms with E-state index in [4.69, 9.17) is 40.0 Å². The Morgan fingerprint density at radius 1 is 0.907 bits per heavy atom. The van der Waals surface area contributed by atoms with E-state index in [-0.39, 0.29) is 38.5 Å². The zero-order valence-corrected chi connectivity index (χ0v) is 31.0. The number of carboxylic acid groups (broad SMARTS) is 1. The van der Waals surface area contributed by atoms with Crippen molar-refractivity contribution in [3.05, 3.63) is 11.8 Å². The summed E-state index contributed by atoms with van der Waals surface area (Å²) in [6, 6.07) is -0.794. The van der Waals surface area contributed by atoms with E-state index in [2.05, 4.69) is 21.9 Å². The van der Waals surface area contributed by atoms with Gasteiger partial charge in [0, 0.05) is 33.1 Å². The normalized spacial score (nSPS) is 16.2. The highest BCUT2D eigenvalue weighted by atomic mass is 16.6. The minimum absolute atomic E-state index is 0.0563. The molecule has 1 heterocycles. The molecule has 0 saturated carbocycles. The molecule has 7 N–H and O–H groups in total. The maximum atomic E-state index is 13.0. The summed E-state index contributed by atoms with van der Waals surface area (Å²) < 4.78 is 32.5. The van der Waals surface area contributed by atoms with Gasteiger partial charge in [-0.15, -0.1) is 6.42 Å². The van der Waals surface area contributed by atoms with Crippen molar-refractivity contribution in [2.24, 2.45) is 0 Å². The molecule has 0 aromatic carbocycles. The molecular weight excluding hydrogens is 716 g/mol. The summed E-state index contributed by atoms with van der Waals surface area (Å²) in [6.45, 7) is 3.43. The van der Waals surface area contributed by atoms with Crippen LogP contribution < -0.4 is 16.0 Å². The van der Waals surface area contributed by atoms with Crippen LogP contribution >= 0.6 is 0 Å². The van der Waals surface area contributed by atoms with Crippen molar-refractivity contribution in [2.75, 3.05) is 98.9 Å². The Morgan fingerprint density at radius 3 is 2.02 bits per heavy atom. The smallest absolute Gasteiger partial charge is 0.370 e. The molecule has 0 unspecified atom stereocenters. The van der Waals surface area contributed by atoms with Crippen LogP contribution in [0.4, 0.5) is 0 Å². The van der Waals surface area contributed by atoms with Crippen molar-refractivity contribution < 1.29 is 72.8 Å². The molecule has 4 atom stereocenters. The molecule has 4 amide bonds. The number of carbonyl (C=O) groups excluding carboxylic acids is 4. The largest absolute Gasteiger partial charge is 0.478 e. The third-order valence-electron chi connectivity index (χ3n) is 7.73. The Balaban J connectivity index is 2.51. The molecule has 308 valence electrons. The second-order valence-corrected chi connectivity index (χ2v) is 12.0. The van der Waals surface area contributed by atoms with Crippen molar-refractivity contribution in [1.82, 2.24) is 20.9 Å². The average molecular weight is 775 g/mol. The molecule has 19 heteroatoms. The van der Waals surface area contributed by atoms with E-state index in [0.29, 0.717) is 85.0 Å². The number of aliphatic carboxylic acids is 1. The number of hydrogen-bond acceptors (Lipinski definition) is 14. The average Bonchev–Trinajstić information content (AvgIpc) is 3.15. The van der Waals surface area contributed by atoms with Crippen LogP contribution in [0.25, 0.3) is 0 Å². The van der Waals surface area contributed by atoms with Gasteiger partial charge in [0.05, 0.1) is 65.3 Å². The number of carboxylic acids is 1. The molecule has 0 aliphatic carbocycles. The lowest BCUT2D eigenvalue weighted by atomic mass is 9.95. The highest BCUT2D eigenvalue weighted by molar-refractivity contribution is 5.84. The summed E-state index contributed by atoms with van der Waals surface area (Å²) in [6.07, 6.45) is 4.70. The first-order valence-electron chi connectivity index (χ1n) is 18.0. The summed E-state index contributed by atoms with van der Waals surface area (Å²) in [4.78, 5) is 61.8. The number of aliphatic hydroxyl groups is 3. The van der Waals surface area contributed by atoms with Crippen LogP contribution in [0.5, 0.6) is 0 Å². The fourth-order valence-electron chi connectivity index (χ4n) is 5.07. The maximum Gasteiger partial charge on any atom is 0.370 e. The van der Waals surface area contributed by atoms with E-state index in [1.807, 2.05) is 0 Å². The second-order valence-electron chi connectivity index (χ2n) is 12.0. The Bertz CT molecular complexity index is 1180. The second kappa shape index (κ2) is 30.5. The van der Waals surface area contributed by atoms with Gasteiger partial charge >= 0.3 is 5.97 Å². The topological polar surface area (TPSA) is 261 Å². The quantitative estimate of drug-likeness (QED) is 0.0280. The molecule has 1 aliphatic rings. The number of terminal acetylenes is 1. The van der Waals surface area contributed by atoms with Gasteiger partial charge in [-0.1, -0.05) is 5.92 Å². The van der Waals surface area contributed by atoms with Gasteiger partial charge in [0.25, 0.3) is 0 Å². The van der Waals surface area contributed by atoms with E-state index >= 15 is 0 Å². The van der Waals surface area contributed by atoms with Gasteiger partial charge in [-0.3, -0.25) is 19.2 Å². The number of hydrogen-bond donors (Lipinski definition) is 7. The first kappa shape index (κ1) is 48.1. The lowest BCUT2D eigenvalue weighted by Crippen LogP contribution is -2.56. The van der Waals surface area contributed by atoms with Crippen LogP contribution in [-0.2, 0) is 52.4 Å². The first-order valence-corrected chi connectivity index (χ1v) is 18.0. The highest BCUT2D eigenvalue weighted by Crippen LogP contribution is 2.24. The minimum Gasteiger partial charge on any atom is -0.478 e. The molecule has 1 rings (SSSR count). The number of aliphatic hydroxyl groups excluding tert-OH is 3. The number of unbranched alkanes of at least 4 members (excludes halogenated alkanes) is 2. The van der Waals surface area contributed by atoms with Crippen LogP contribution in [0.1, 0.15) is 45.4 Å². The van der Waals surface area contributed by atoms with Gasteiger partial charge in [0.1, 0.15) is 38.1 Å². The van der Waals surface area contributed by atoms with Crippen molar-refractivity contribution in [3.8, 4) is 12.3 Å². The summed E-state index contributed by atoms with van der Waals surface area (Å²) in [5.41, 5.74) is 0. The summed E-state index contributed by atoms with van der Waals surface area (Å²) in [5.74, 6) is -0.997. The number of carbonyl (C=O) groups is 5. The molecule has 1 aliphatic heterocycles. The van der Waals surface area contributed by atoms with Crippen LogP contribution in [0.15, 0.2) is 11.8 Å². The fourth-order valence-corrected chi connectivity index (χ4v) is 5.07. The monoisotopic (exact) mass is 774 g/mol. The number of rotatable bonds is 32. The molecule has 19 nitrogen and oxygen atoms in total. The molecule has 0 aromatic heterocycles. The van der Waals surface area contributed by atoms with Crippen molar-refractivity contribution in [1.29, 1.82) is 0 Å². The van der Waals surface area contributed by atoms with Gasteiger partial charge < -0.3 is 69.7 Å². The Labute approximate surface area is 316 Å². The molecule has 0 fully saturated rings. The summed E-state index contributed by atoms with van der Waals surface area (Å²) >= 11 is 0. The lowest BCUT2D eigenvalue weighted by molar-refractivity contribution is -0.158. The third kappa shape index (κ3) is 22.4. The Morgan fingerprint density at radius 2 is 1.48 bits per heavy atom. The minimum atomic E-state index is -1.55. The van der Waals surface area contributed by atoms with Crippen LogP contribution in [-0.4, -0.2) is 178 Å². The molecule has 0 aromatic rings. The number of amides is 4. The molecule has 0 spiro atoms. The predicted octanol–water partition coefficient (Wildman–Crippen LogP) is -2.31. The van der Waals surface area contributed by atoms with E-state index in [0.717, 1.165) is 0 Å². The number of nitrogens with one attached hydrogen (secondary N) is 3. The summed E-state index contributed by atoms with van der Waals surface area (Å²) in [5, 5.41) is 46.1. The van der Waals surface area contributed by atoms with Gasteiger partial charge in [0.15, 0.2) is 0 Å². The highest BCUT2D eigenvalue weighted by Gasteiger charge is 2.40. The predicted molar refractivity (Wildman–Crippen MR) is 191 cm³/mol. The van der Waals surface area contributed by atoms with E-state index in [1.165, 1.54) is 13.0 Å². The Kier molecular flexibility index (Phi) is 27.2. The SMILES string of the molecule is C#CCOCCOCCOCCOCCC(=O)N(CCCCNC(=O)CO)CCCCNC(=O)CO[C@@H]([C@@H]1OC(C(=O)O)=CC[C@H]1NC(C)=O)[C@H](O)CO. The van der Waals surface area contributed by atoms with Gasteiger partial charge in [-0.05, 0) is 38.2 Å². The maximum absolute atomic E-state index is 13.0. The zero-order chi connectivity index (χ0) is 40.0. The van der Waals surface area contributed by atoms with Crippen LogP contribution in [0.2, 0.25) is 0 Å². The number of ether oxygens (including phenoxy) is 6. The standard InChI is InChI=1S/C35H58N4O15/c1-3-15-49-17-19-51-21-22-52-20-18-50-16-10-32(46)39(13-6-4-11-36-30(44)24-41)14-7-5-12-37-31(45)25-53-34(28(43)23-40)33-27(38-26(2)42)8-9-29(54-33)35(47)48/h1,9,27-28,33-34,40-41,43H,4-8,10-25H2,2H3,(H,36,44)(H,37,45)(H,38,42)(H,47,48)/t27-,28-,33-,34-/m1/s1. The van der Waals surface area contributed by atoms with Crippen molar-refractivity contribution in [3.63, 3.8) is 0 Å². The Hall–Kier alpha value is -3.87. The number of nitrogens with zero attached hydrogens (tertiary/aromatic N) is 1. The molecule has 0 saturated heterocycles. The third-order valence-corrected chi connectivity index (χ3v) is 7.73. The van der Waals surface area contributed by atoms with E-state index in [1.54, 1.807) is 4.90 Å².